The van der Waals surface area contributed by atoms with E-state index < -0.39 is 28.5 Å². The topological polar surface area (TPSA) is 86.8 Å². The van der Waals surface area contributed by atoms with E-state index in [0.717, 1.165) is 16.1 Å². The van der Waals surface area contributed by atoms with Gasteiger partial charge in [0.05, 0.1) is 11.9 Å². The number of amides is 2. The maximum absolute atomic E-state index is 13.3. The third-order valence-electron chi connectivity index (χ3n) is 4.77. The minimum atomic E-state index is -3.70. The maximum Gasteiger partial charge on any atom is 0.244 e. The molecule has 0 radical (unpaired) electrons. The number of carbonyl (C=O) groups excluding carboxylic acids is 2. The van der Waals surface area contributed by atoms with Gasteiger partial charge in [-0.15, -0.1) is 0 Å². The molecule has 2 aromatic rings. The number of benzene rings is 2. The third kappa shape index (κ3) is 7.40. The Morgan fingerprint density at radius 3 is 2.00 bits per heavy atom. The van der Waals surface area contributed by atoms with Gasteiger partial charge in [0, 0.05) is 13.1 Å². The van der Waals surface area contributed by atoms with E-state index in [1.807, 2.05) is 44.2 Å². The van der Waals surface area contributed by atoms with Crippen LogP contribution in [0.2, 0.25) is 0 Å². The molecule has 0 aliphatic heterocycles. The molecule has 2 rings (SSSR count). The molecule has 0 saturated heterocycles. The number of hydrogen-bond acceptors (Lipinski definition) is 4. The van der Waals surface area contributed by atoms with Crippen molar-refractivity contribution in [2.24, 2.45) is 5.92 Å². The van der Waals surface area contributed by atoms with Crippen LogP contribution in [0.15, 0.2) is 60.7 Å². The molecule has 31 heavy (non-hydrogen) atoms. The highest BCUT2D eigenvalue weighted by Gasteiger charge is 2.29. The number of sulfonamides is 1. The second kappa shape index (κ2) is 10.9. The van der Waals surface area contributed by atoms with E-state index in [-0.39, 0.29) is 18.4 Å². The molecule has 1 N–H and O–H groups in total. The van der Waals surface area contributed by atoms with Gasteiger partial charge in [0.25, 0.3) is 0 Å². The van der Waals surface area contributed by atoms with Crippen molar-refractivity contribution in [2.45, 2.75) is 33.4 Å². The van der Waals surface area contributed by atoms with Gasteiger partial charge in [-0.05, 0) is 30.5 Å². The molecule has 168 valence electrons. The SMILES string of the molecule is CC(C)CNC(=O)[C@H](C)N(Cc1ccccc1)C(=O)CN(c1ccccc1)S(C)(=O)=O. The molecule has 0 fully saturated rings. The standard InChI is InChI=1S/C23H31N3O4S/c1-18(2)15-24-23(28)19(3)25(16-20-11-7-5-8-12-20)22(27)17-26(31(4,29)30)21-13-9-6-10-14-21/h5-14,18-19H,15-17H2,1-4H3,(H,24,28)/t19-/m0/s1. The van der Waals surface area contributed by atoms with Gasteiger partial charge in [-0.3, -0.25) is 13.9 Å². The minimum absolute atomic E-state index is 0.197. The van der Waals surface area contributed by atoms with E-state index in [2.05, 4.69) is 5.32 Å². The fraction of sp³-hybridized carbons (Fsp3) is 0.391. The van der Waals surface area contributed by atoms with Gasteiger partial charge in [-0.2, -0.15) is 0 Å². The van der Waals surface area contributed by atoms with Crippen molar-refractivity contribution in [2.75, 3.05) is 23.7 Å². The lowest BCUT2D eigenvalue weighted by molar-refractivity contribution is -0.139. The first-order valence-electron chi connectivity index (χ1n) is 10.2. The quantitative estimate of drug-likeness (QED) is 0.609. The normalized spacial score (nSPS) is 12.3. The van der Waals surface area contributed by atoms with Gasteiger partial charge >= 0.3 is 0 Å². The Bertz CT molecular complexity index is 963. The van der Waals surface area contributed by atoms with Gasteiger partial charge in [0.1, 0.15) is 12.6 Å². The fourth-order valence-corrected chi connectivity index (χ4v) is 3.87. The van der Waals surface area contributed by atoms with E-state index in [9.17, 15) is 18.0 Å². The van der Waals surface area contributed by atoms with Crippen LogP contribution < -0.4 is 9.62 Å². The maximum atomic E-state index is 13.3. The molecule has 0 aromatic heterocycles. The smallest absolute Gasteiger partial charge is 0.244 e. The highest BCUT2D eigenvalue weighted by atomic mass is 32.2. The number of nitrogens with zero attached hydrogens (tertiary/aromatic N) is 2. The van der Waals surface area contributed by atoms with Gasteiger partial charge in [0.2, 0.25) is 21.8 Å². The Morgan fingerprint density at radius 2 is 1.48 bits per heavy atom. The van der Waals surface area contributed by atoms with Crippen molar-refractivity contribution in [1.82, 2.24) is 10.2 Å². The zero-order valence-electron chi connectivity index (χ0n) is 18.5. The first-order chi connectivity index (χ1) is 14.6. The lowest BCUT2D eigenvalue weighted by Gasteiger charge is -2.31. The van der Waals surface area contributed by atoms with Gasteiger partial charge < -0.3 is 10.2 Å². The minimum Gasteiger partial charge on any atom is -0.354 e. The molecule has 2 aromatic carbocycles. The summed E-state index contributed by atoms with van der Waals surface area (Å²) in [5.41, 5.74) is 1.25. The molecular formula is C23H31N3O4S. The van der Waals surface area contributed by atoms with Crippen LogP contribution in [0, 0.1) is 5.92 Å². The zero-order valence-corrected chi connectivity index (χ0v) is 19.3. The molecule has 7 nitrogen and oxygen atoms in total. The van der Waals surface area contributed by atoms with Gasteiger partial charge in [-0.25, -0.2) is 8.42 Å². The van der Waals surface area contributed by atoms with Crippen molar-refractivity contribution in [1.29, 1.82) is 0 Å². The number of nitrogens with one attached hydrogen (secondary N) is 1. The van der Waals surface area contributed by atoms with E-state index in [1.165, 1.54) is 4.90 Å². The highest BCUT2D eigenvalue weighted by molar-refractivity contribution is 7.92. The summed E-state index contributed by atoms with van der Waals surface area (Å²) in [5, 5.41) is 2.85. The summed E-state index contributed by atoms with van der Waals surface area (Å²) in [7, 11) is -3.70. The largest absolute Gasteiger partial charge is 0.354 e. The summed E-state index contributed by atoms with van der Waals surface area (Å²) in [6.07, 6.45) is 1.06. The average molecular weight is 446 g/mol. The second-order valence-corrected chi connectivity index (χ2v) is 9.83. The Hall–Kier alpha value is -2.87. The van der Waals surface area contributed by atoms with Crippen molar-refractivity contribution < 1.29 is 18.0 Å². The van der Waals surface area contributed by atoms with Crippen LogP contribution in [0.5, 0.6) is 0 Å². The summed E-state index contributed by atoms with van der Waals surface area (Å²) in [4.78, 5) is 27.4. The van der Waals surface area contributed by atoms with Crippen LogP contribution in [-0.4, -0.2) is 50.5 Å². The summed E-state index contributed by atoms with van der Waals surface area (Å²) >= 11 is 0. The molecule has 8 heteroatoms. The Labute approximate surface area is 185 Å². The van der Waals surface area contributed by atoms with Crippen LogP contribution in [0.4, 0.5) is 5.69 Å². The van der Waals surface area contributed by atoms with E-state index >= 15 is 0 Å². The fourth-order valence-electron chi connectivity index (χ4n) is 3.02. The van der Waals surface area contributed by atoms with Crippen molar-refractivity contribution in [3.05, 3.63) is 66.2 Å². The van der Waals surface area contributed by atoms with Gasteiger partial charge in [0.15, 0.2) is 0 Å². The number of para-hydroxylation sites is 1. The van der Waals surface area contributed by atoms with Crippen LogP contribution in [0.3, 0.4) is 0 Å². The van der Waals surface area contributed by atoms with E-state index in [4.69, 9.17) is 0 Å². The Morgan fingerprint density at radius 1 is 0.935 bits per heavy atom. The van der Waals surface area contributed by atoms with Gasteiger partial charge in [-0.1, -0.05) is 62.4 Å². The lowest BCUT2D eigenvalue weighted by Crippen LogP contribution is -2.51. The van der Waals surface area contributed by atoms with Crippen LogP contribution >= 0.6 is 0 Å². The monoisotopic (exact) mass is 445 g/mol. The third-order valence-corrected chi connectivity index (χ3v) is 5.91. The summed E-state index contributed by atoms with van der Waals surface area (Å²) in [6, 6.07) is 17.0. The molecule has 1 atom stereocenters. The number of anilines is 1. The van der Waals surface area contributed by atoms with Crippen LogP contribution in [-0.2, 0) is 26.2 Å². The molecule has 0 unspecified atom stereocenters. The molecular weight excluding hydrogens is 414 g/mol. The molecule has 0 bridgehead atoms. The summed E-state index contributed by atoms with van der Waals surface area (Å²) < 4.78 is 25.9. The number of hydrogen-bond donors (Lipinski definition) is 1. The van der Waals surface area contributed by atoms with Crippen molar-refractivity contribution in [3.8, 4) is 0 Å². The van der Waals surface area contributed by atoms with Crippen molar-refractivity contribution in [3.63, 3.8) is 0 Å². The van der Waals surface area contributed by atoms with Crippen LogP contribution in [0.25, 0.3) is 0 Å². The predicted molar refractivity (Wildman–Crippen MR) is 123 cm³/mol. The average Bonchev–Trinajstić information content (AvgIpc) is 2.74. The zero-order chi connectivity index (χ0) is 23.0. The Kier molecular flexibility index (Phi) is 8.62. The summed E-state index contributed by atoms with van der Waals surface area (Å²) in [5.74, 6) is -0.456. The molecule has 0 spiro atoms. The molecule has 2 amide bonds. The Balaban J connectivity index is 2.30. The second-order valence-electron chi connectivity index (χ2n) is 7.93. The molecule has 0 saturated carbocycles. The predicted octanol–water partition coefficient (Wildman–Crippen LogP) is 2.64. The first kappa shape index (κ1) is 24.4. The molecule has 0 aliphatic carbocycles. The molecule has 0 heterocycles. The number of rotatable bonds is 10. The van der Waals surface area contributed by atoms with E-state index in [0.29, 0.717) is 12.2 Å². The lowest BCUT2D eigenvalue weighted by atomic mass is 10.1. The highest BCUT2D eigenvalue weighted by Crippen LogP contribution is 2.18. The van der Waals surface area contributed by atoms with E-state index in [1.54, 1.807) is 37.3 Å². The first-order valence-corrected chi connectivity index (χ1v) is 12.1. The van der Waals surface area contributed by atoms with Crippen molar-refractivity contribution >= 4 is 27.5 Å². The summed E-state index contributed by atoms with van der Waals surface area (Å²) in [6.45, 7) is 5.93. The molecule has 0 aliphatic rings. The number of carbonyl (C=O) groups is 2. The van der Waals surface area contributed by atoms with Crippen LogP contribution in [0.1, 0.15) is 26.3 Å².